The van der Waals surface area contributed by atoms with E-state index in [-0.39, 0.29) is 0 Å². The van der Waals surface area contributed by atoms with Crippen LogP contribution in [0.4, 0.5) is 5.69 Å². The van der Waals surface area contributed by atoms with Crippen LogP contribution in [0.15, 0.2) is 41.3 Å². The Balaban J connectivity index is 0.00000151. The summed E-state index contributed by atoms with van der Waals surface area (Å²) in [7, 11) is -1.01. The summed E-state index contributed by atoms with van der Waals surface area (Å²) in [5, 5.41) is 2.14. The molecular formula is C20H32N2OS2. The van der Waals surface area contributed by atoms with Gasteiger partial charge in [0.1, 0.15) is 11.0 Å². The van der Waals surface area contributed by atoms with E-state index >= 15 is 0 Å². The Labute approximate surface area is 159 Å². The molecular weight excluding hydrogens is 348 g/mol. The summed E-state index contributed by atoms with van der Waals surface area (Å²) >= 11 is 1.41. The van der Waals surface area contributed by atoms with Gasteiger partial charge in [-0.3, -0.25) is 0 Å². The van der Waals surface area contributed by atoms with E-state index < -0.39 is 11.0 Å². The zero-order valence-electron chi connectivity index (χ0n) is 15.7. The zero-order valence-corrected chi connectivity index (χ0v) is 17.3. The number of nitrogens with one attached hydrogen (secondary N) is 1. The highest BCUT2D eigenvalue weighted by atomic mass is 32.2. The van der Waals surface area contributed by atoms with Crippen LogP contribution in [-0.2, 0) is 11.0 Å². The molecule has 0 radical (unpaired) electrons. The molecule has 1 atom stereocenters. The van der Waals surface area contributed by atoms with Crippen molar-refractivity contribution in [3.05, 3.63) is 36.4 Å². The van der Waals surface area contributed by atoms with Crippen LogP contribution in [0, 0.1) is 0 Å². The molecule has 5 heteroatoms. The zero-order chi connectivity index (χ0) is 18.5. The van der Waals surface area contributed by atoms with Crippen molar-refractivity contribution in [2.45, 2.75) is 64.2 Å². The fraction of sp³-hybridized carbons (Fsp3) is 0.500. The molecule has 2 aromatic rings. The summed E-state index contributed by atoms with van der Waals surface area (Å²) < 4.78 is 15.1. The highest BCUT2D eigenvalue weighted by Gasteiger charge is 2.07. The average molecular weight is 381 g/mol. The first-order valence-electron chi connectivity index (χ1n) is 9.30. The van der Waals surface area contributed by atoms with E-state index in [0.29, 0.717) is 5.75 Å². The van der Waals surface area contributed by atoms with E-state index in [2.05, 4.69) is 11.1 Å². The van der Waals surface area contributed by atoms with Gasteiger partial charge in [-0.2, -0.15) is 4.13 Å². The Hall–Kier alpha value is -1.04. The summed E-state index contributed by atoms with van der Waals surface area (Å²) in [5.74, 6) is 0.708. The third-order valence-electron chi connectivity index (χ3n) is 3.83. The molecule has 0 aliphatic carbocycles. The number of anilines is 1. The van der Waals surface area contributed by atoms with Crippen LogP contribution in [-0.4, -0.2) is 9.96 Å². The van der Waals surface area contributed by atoms with Crippen LogP contribution in [0.5, 0.6) is 0 Å². The molecule has 0 saturated heterocycles. The lowest BCUT2D eigenvalue weighted by atomic mass is 10.1. The SMILES string of the molecule is CC.CCCCCCCCS(=O)NSc1cccc2cccc(N)c12. The van der Waals surface area contributed by atoms with Gasteiger partial charge < -0.3 is 5.73 Å². The fourth-order valence-corrected chi connectivity index (χ4v) is 4.58. The molecule has 3 N–H and O–H groups in total. The van der Waals surface area contributed by atoms with Crippen LogP contribution < -0.4 is 9.86 Å². The molecule has 0 amide bonds. The third kappa shape index (κ3) is 7.80. The Bertz CT molecular complexity index is 641. The molecule has 1 unspecified atom stereocenters. The van der Waals surface area contributed by atoms with Gasteiger partial charge in [-0.05, 0) is 35.9 Å². The molecule has 2 rings (SSSR count). The topological polar surface area (TPSA) is 55.1 Å². The molecule has 0 spiro atoms. The van der Waals surface area contributed by atoms with E-state index in [1.54, 1.807) is 0 Å². The second-order valence-corrected chi connectivity index (χ2v) is 8.11. The molecule has 25 heavy (non-hydrogen) atoms. The van der Waals surface area contributed by atoms with Gasteiger partial charge in [0.25, 0.3) is 0 Å². The molecule has 0 bridgehead atoms. The lowest BCUT2D eigenvalue weighted by Crippen LogP contribution is -2.12. The van der Waals surface area contributed by atoms with Gasteiger partial charge in [0, 0.05) is 21.7 Å². The number of hydrogen-bond acceptors (Lipinski definition) is 3. The van der Waals surface area contributed by atoms with E-state index in [0.717, 1.165) is 27.8 Å². The molecule has 0 aliphatic heterocycles. The standard InChI is InChI=1S/C18H26N2OS2.C2H6/c1-2-3-4-5-6-7-14-23(21)20-22-17-13-9-11-15-10-8-12-16(19)18(15)17;1-2/h8-13,20H,2-7,14,19H2,1H3;1-2H3. The number of hydrogen-bond donors (Lipinski definition) is 2. The van der Waals surface area contributed by atoms with Crippen molar-refractivity contribution in [3.8, 4) is 0 Å². The minimum absolute atomic E-state index is 0.708. The van der Waals surface area contributed by atoms with Crippen molar-refractivity contribution in [3.63, 3.8) is 0 Å². The largest absolute Gasteiger partial charge is 0.398 e. The van der Waals surface area contributed by atoms with E-state index in [9.17, 15) is 4.21 Å². The Morgan fingerprint density at radius 3 is 2.36 bits per heavy atom. The number of nitrogen functional groups attached to an aromatic ring is 1. The van der Waals surface area contributed by atoms with Crippen LogP contribution >= 0.6 is 11.9 Å². The number of unbranched alkanes of at least 4 members (excludes halogenated alkanes) is 5. The van der Waals surface area contributed by atoms with Gasteiger partial charge in [-0.1, -0.05) is 77.1 Å². The van der Waals surface area contributed by atoms with Crippen LogP contribution in [0.3, 0.4) is 0 Å². The van der Waals surface area contributed by atoms with Crippen molar-refractivity contribution in [1.29, 1.82) is 0 Å². The number of fused-ring (bicyclic) bond motifs is 1. The van der Waals surface area contributed by atoms with E-state index in [4.69, 9.17) is 5.73 Å². The van der Waals surface area contributed by atoms with Crippen molar-refractivity contribution in [1.82, 2.24) is 4.13 Å². The lowest BCUT2D eigenvalue weighted by molar-refractivity contribution is 0.622. The van der Waals surface area contributed by atoms with Crippen molar-refractivity contribution < 1.29 is 4.21 Å². The number of rotatable bonds is 10. The van der Waals surface area contributed by atoms with Crippen LogP contribution in [0.2, 0.25) is 0 Å². The molecule has 0 fully saturated rings. The highest BCUT2D eigenvalue weighted by Crippen LogP contribution is 2.30. The predicted octanol–water partition coefficient (Wildman–Crippen LogP) is 6.07. The summed E-state index contributed by atoms with van der Waals surface area (Å²) in [6.07, 6.45) is 7.29. The Kier molecular flexibility index (Phi) is 11.6. The maximum absolute atomic E-state index is 12.1. The monoisotopic (exact) mass is 380 g/mol. The molecule has 0 aromatic heterocycles. The van der Waals surface area contributed by atoms with Gasteiger partial charge in [-0.15, -0.1) is 0 Å². The van der Waals surface area contributed by atoms with Gasteiger partial charge in [0.15, 0.2) is 0 Å². The van der Waals surface area contributed by atoms with Crippen molar-refractivity contribution >= 4 is 39.4 Å². The predicted molar refractivity (Wildman–Crippen MR) is 115 cm³/mol. The lowest BCUT2D eigenvalue weighted by Gasteiger charge is -2.09. The van der Waals surface area contributed by atoms with E-state index in [1.165, 1.54) is 44.1 Å². The molecule has 3 nitrogen and oxygen atoms in total. The summed E-state index contributed by atoms with van der Waals surface area (Å²) in [5.41, 5.74) is 6.84. The van der Waals surface area contributed by atoms with Gasteiger partial charge in [-0.25, -0.2) is 4.21 Å². The Morgan fingerprint density at radius 2 is 1.64 bits per heavy atom. The van der Waals surface area contributed by atoms with Crippen LogP contribution in [0.1, 0.15) is 59.3 Å². The van der Waals surface area contributed by atoms with Gasteiger partial charge >= 0.3 is 0 Å². The first-order chi connectivity index (χ1) is 12.2. The maximum atomic E-state index is 12.1. The number of benzene rings is 2. The molecule has 2 aromatic carbocycles. The van der Waals surface area contributed by atoms with Gasteiger partial charge in [0.05, 0.1) is 0 Å². The first-order valence-corrected chi connectivity index (χ1v) is 11.4. The number of nitrogens with two attached hydrogens (primary N) is 1. The molecule has 0 aliphatic rings. The smallest absolute Gasteiger partial charge is 0.102 e. The summed E-state index contributed by atoms with van der Waals surface area (Å²) in [6.45, 7) is 6.22. The van der Waals surface area contributed by atoms with Crippen molar-refractivity contribution in [2.24, 2.45) is 0 Å². The second kappa shape index (κ2) is 13.2. The molecule has 0 heterocycles. The maximum Gasteiger partial charge on any atom is 0.102 e. The molecule has 0 saturated carbocycles. The van der Waals surface area contributed by atoms with Crippen LogP contribution in [0.25, 0.3) is 10.8 Å². The van der Waals surface area contributed by atoms with Gasteiger partial charge in [0.2, 0.25) is 0 Å². The molecule has 140 valence electrons. The first kappa shape index (κ1) is 22.0. The second-order valence-electron chi connectivity index (χ2n) is 5.70. The third-order valence-corrected chi connectivity index (χ3v) is 6.12. The summed E-state index contributed by atoms with van der Waals surface area (Å²) in [4.78, 5) is 1.02. The quantitative estimate of drug-likeness (QED) is 0.299. The Morgan fingerprint density at radius 1 is 1.00 bits per heavy atom. The fourth-order valence-electron chi connectivity index (χ4n) is 2.57. The summed E-state index contributed by atoms with van der Waals surface area (Å²) in [6, 6.07) is 12.0. The minimum Gasteiger partial charge on any atom is -0.398 e. The normalized spacial score (nSPS) is 11.8. The van der Waals surface area contributed by atoms with E-state index in [1.807, 2.05) is 50.2 Å². The van der Waals surface area contributed by atoms with Crippen molar-refractivity contribution in [2.75, 3.05) is 11.5 Å². The minimum atomic E-state index is -1.01. The highest BCUT2D eigenvalue weighted by molar-refractivity contribution is 8.07. The average Bonchev–Trinajstić information content (AvgIpc) is 2.64.